The van der Waals surface area contributed by atoms with Gasteiger partial charge in [0.25, 0.3) is 0 Å². The third-order valence-corrected chi connectivity index (χ3v) is 3.31. The number of aliphatic hydroxyl groups is 1. The van der Waals surface area contributed by atoms with Gasteiger partial charge < -0.3 is 18.7 Å². The number of benzene rings is 1. The number of esters is 1. The van der Waals surface area contributed by atoms with Gasteiger partial charge in [-0.3, -0.25) is 0 Å². The van der Waals surface area contributed by atoms with Crippen LogP contribution in [0.2, 0.25) is 0 Å². The van der Waals surface area contributed by atoms with E-state index in [-0.39, 0.29) is 0 Å². The predicted octanol–water partition coefficient (Wildman–Crippen LogP) is 2.69. The van der Waals surface area contributed by atoms with Crippen molar-refractivity contribution in [3.63, 3.8) is 0 Å². The van der Waals surface area contributed by atoms with Gasteiger partial charge in [-0.05, 0) is 19.1 Å². The molecule has 0 spiro atoms. The third kappa shape index (κ3) is 1.55. The Morgan fingerprint density at radius 2 is 1.84 bits per heavy atom. The van der Waals surface area contributed by atoms with Crippen molar-refractivity contribution in [1.29, 1.82) is 0 Å². The first-order valence-corrected chi connectivity index (χ1v) is 5.78. The van der Waals surface area contributed by atoms with Crippen molar-refractivity contribution >= 4 is 27.9 Å². The minimum Gasteiger partial charge on any atom is -0.467 e. The lowest BCUT2D eigenvalue weighted by Gasteiger charge is -2.11. The third-order valence-electron chi connectivity index (χ3n) is 3.31. The fourth-order valence-corrected chi connectivity index (χ4v) is 2.37. The Morgan fingerprint density at radius 3 is 2.53 bits per heavy atom. The number of ether oxygens (including phenoxy) is 1. The van der Waals surface area contributed by atoms with Crippen molar-refractivity contribution in [3.05, 3.63) is 35.8 Å². The van der Waals surface area contributed by atoms with Crippen molar-refractivity contribution < 1.29 is 23.5 Å². The lowest BCUT2D eigenvalue weighted by Crippen LogP contribution is -2.14. The van der Waals surface area contributed by atoms with Gasteiger partial charge in [-0.1, -0.05) is 0 Å². The predicted molar refractivity (Wildman–Crippen MR) is 67.7 cm³/mol. The maximum Gasteiger partial charge on any atom is 0.339 e. The van der Waals surface area contributed by atoms with Crippen LogP contribution in [0, 0.1) is 6.92 Å². The highest BCUT2D eigenvalue weighted by atomic mass is 16.5. The number of fused-ring (bicyclic) bond motifs is 2. The first kappa shape index (κ1) is 11.8. The summed E-state index contributed by atoms with van der Waals surface area (Å²) in [7, 11) is 1.23. The van der Waals surface area contributed by atoms with E-state index >= 15 is 0 Å². The van der Waals surface area contributed by atoms with Gasteiger partial charge in [0.1, 0.15) is 11.2 Å². The van der Waals surface area contributed by atoms with Gasteiger partial charge in [0.05, 0.1) is 19.6 Å². The first-order valence-electron chi connectivity index (χ1n) is 5.78. The van der Waals surface area contributed by atoms with E-state index in [1.807, 2.05) is 6.92 Å². The quantitative estimate of drug-likeness (QED) is 0.717. The number of furan rings is 2. The van der Waals surface area contributed by atoms with Crippen LogP contribution in [0.4, 0.5) is 0 Å². The molecule has 0 aliphatic heterocycles. The fraction of sp³-hybridized carbons (Fsp3) is 0.214. The average Bonchev–Trinajstić information content (AvgIpc) is 3.06. The Morgan fingerprint density at radius 1 is 1.21 bits per heavy atom. The summed E-state index contributed by atoms with van der Waals surface area (Å²) in [4.78, 5) is 11.6. The average molecular weight is 260 g/mol. The smallest absolute Gasteiger partial charge is 0.339 e. The molecule has 2 aromatic heterocycles. The van der Waals surface area contributed by atoms with Gasteiger partial charge in [0.15, 0.2) is 6.10 Å². The normalized spacial score (nSPS) is 13.0. The minimum atomic E-state index is -1.40. The van der Waals surface area contributed by atoms with Crippen molar-refractivity contribution in [3.8, 4) is 0 Å². The molecule has 0 bridgehead atoms. The van der Waals surface area contributed by atoms with E-state index in [1.165, 1.54) is 19.6 Å². The van der Waals surface area contributed by atoms with Gasteiger partial charge >= 0.3 is 5.97 Å². The second-order valence-corrected chi connectivity index (χ2v) is 4.29. The van der Waals surface area contributed by atoms with Crippen LogP contribution in [-0.4, -0.2) is 18.2 Å². The molecule has 5 nitrogen and oxygen atoms in total. The SMILES string of the molecule is COC(=O)C(O)c1c2ccoc2c(C)c2ccoc12. The molecule has 0 amide bonds. The summed E-state index contributed by atoms with van der Waals surface area (Å²) < 4.78 is 15.4. The lowest BCUT2D eigenvalue weighted by molar-refractivity contribution is -0.150. The second kappa shape index (κ2) is 4.13. The Labute approximate surface area is 108 Å². The molecule has 0 saturated heterocycles. The monoisotopic (exact) mass is 260 g/mol. The molecule has 2 heterocycles. The largest absolute Gasteiger partial charge is 0.467 e. The van der Waals surface area contributed by atoms with E-state index in [2.05, 4.69) is 4.74 Å². The van der Waals surface area contributed by atoms with Crippen LogP contribution in [0.3, 0.4) is 0 Å². The Hall–Kier alpha value is -2.27. The molecule has 0 radical (unpaired) electrons. The summed E-state index contributed by atoms with van der Waals surface area (Å²) in [6.45, 7) is 1.90. The standard InChI is InChI=1S/C14H12O5/c1-7-8-3-5-19-13(8)10(11(15)14(16)17-2)9-4-6-18-12(7)9/h3-6,11,15H,1-2H3. The van der Waals surface area contributed by atoms with Crippen LogP contribution in [0.15, 0.2) is 33.5 Å². The molecule has 5 heteroatoms. The van der Waals surface area contributed by atoms with E-state index in [4.69, 9.17) is 8.83 Å². The Balaban J connectivity index is 2.42. The molecular formula is C14H12O5. The molecule has 1 atom stereocenters. The molecule has 1 N–H and O–H groups in total. The van der Waals surface area contributed by atoms with E-state index in [0.29, 0.717) is 22.1 Å². The van der Waals surface area contributed by atoms with E-state index in [9.17, 15) is 9.90 Å². The van der Waals surface area contributed by atoms with Gasteiger partial charge in [-0.2, -0.15) is 0 Å². The molecule has 3 aromatic rings. The Kier molecular flexibility index (Phi) is 2.57. The summed E-state index contributed by atoms with van der Waals surface area (Å²) in [5.41, 5.74) is 2.39. The van der Waals surface area contributed by atoms with Crippen molar-refractivity contribution in [2.24, 2.45) is 0 Å². The van der Waals surface area contributed by atoms with Gasteiger partial charge in [-0.25, -0.2) is 4.79 Å². The molecule has 0 aliphatic rings. The maximum atomic E-state index is 11.6. The number of aryl methyl sites for hydroxylation is 1. The molecular weight excluding hydrogens is 248 g/mol. The topological polar surface area (TPSA) is 72.8 Å². The van der Waals surface area contributed by atoms with E-state index in [0.717, 1.165) is 10.9 Å². The number of aliphatic hydroxyl groups excluding tert-OH is 1. The number of rotatable bonds is 2. The lowest BCUT2D eigenvalue weighted by atomic mass is 9.98. The second-order valence-electron chi connectivity index (χ2n) is 4.29. The Bertz CT molecular complexity index is 713. The number of hydrogen-bond acceptors (Lipinski definition) is 5. The molecule has 0 saturated carbocycles. The summed E-state index contributed by atoms with van der Waals surface area (Å²) in [6, 6.07) is 3.48. The molecule has 0 aliphatic carbocycles. The van der Waals surface area contributed by atoms with Crippen LogP contribution in [-0.2, 0) is 9.53 Å². The minimum absolute atomic E-state index is 0.376. The van der Waals surface area contributed by atoms with E-state index in [1.54, 1.807) is 12.1 Å². The molecule has 19 heavy (non-hydrogen) atoms. The number of carbonyl (C=O) groups is 1. The maximum absolute atomic E-state index is 11.6. The number of hydrogen-bond donors (Lipinski definition) is 1. The van der Waals surface area contributed by atoms with Crippen molar-refractivity contribution in [2.75, 3.05) is 7.11 Å². The van der Waals surface area contributed by atoms with E-state index < -0.39 is 12.1 Å². The van der Waals surface area contributed by atoms with Crippen LogP contribution in [0.5, 0.6) is 0 Å². The number of carbonyl (C=O) groups excluding carboxylic acids is 1. The van der Waals surface area contributed by atoms with Crippen LogP contribution >= 0.6 is 0 Å². The highest BCUT2D eigenvalue weighted by molar-refractivity contribution is 6.03. The first-order chi connectivity index (χ1) is 9.15. The highest BCUT2D eigenvalue weighted by Gasteiger charge is 2.27. The van der Waals surface area contributed by atoms with Gasteiger partial charge in [0.2, 0.25) is 0 Å². The van der Waals surface area contributed by atoms with Crippen LogP contribution < -0.4 is 0 Å². The fourth-order valence-electron chi connectivity index (χ4n) is 2.37. The molecule has 0 fully saturated rings. The van der Waals surface area contributed by atoms with Crippen LogP contribution in [0.1, 0.15) is 17.2 Å². The summed E-state index contributed by atoms with van der Waals surface area (Å²) >= 11 is 0. The van der Waals surface area contributed by atoms with Crippen LogP contribution in [0.25, 0.3) is 21.9 Å². The van der Waals surface area contributed by atoms with Gasteiger partial charge in [-0.15, -0.1) is 0 Å². The number of methoxy groups -OCH3 is 1. The summed E-state index contributed by atoms with van der Waals surface area (Å²) in [5, 5.41) is 11.6. The summed E-state index contributed by atoms with van der Waals surface area (Å²) in [5.74, 6) is -0.732. The summed E-state index contributed by atoms with van der Waals surface area (Å²) in [6.07, 6.45) is 1.63. The molecule has 3 rings (SSSR count). The highest BCUT2D eigenvalue weighted by Crippen LogP contribution is 2.37. The molecule has 1 unspecified atom stereocenters. The van der Waals surface area contributed by atoms with Crippen molar-refractivity contribution in [1.82, 2.24) is 0 Å². The zero-order chi connectivity index (χ0) is 13.6. The zero-order valence-corrected chi connectivity index (χ0v) is 10.5. The van der Waals surface area contributed by atoms with Gasteiger partial charge in [0, 0.05) is 21.9 Å². The molecule has 98 valence electrons. The van der Waals surface area contributed by atoms with Crippen molar-refractivity contribution in [2.45, 2.75) is 13.0 Å². The molecule has 1 aromatic carbocycles. The zero-order valence-electron chi connectivity index (χ0n) is 10.5.